The van der Waals surface area contributed by atoms with Crippen molar-refractivity contribution in [3.8, 4) is 0 Å². The molecular weight excluding hydrogens is 410 g/mol. The van der Waals surface area contributed by atoms with Crippen molar-refractivity contribution >= 4 is 27.3 Å². The summed E-state index contributed by atoms with van der Waals surface area (Å²) in [6, 6.07) is 16.4. The minimum atomic E-state index is -3.28. The monoisotopic (exact) mass is 441 g/mol. The van der Waals surface area contributed by atoms with Gasteiger partial charge in [0.25, 0.3) is 0 Å². The number of carbonyl (C=O) groups is 1. The summed E-state index contributed by atoms with van der Waals surface area (Å²) in [5, 5.41) is 3.10. The number of rotatable bonds is 7. The molecule has 2 heterocycles. The Hall–Kier alpha value is -2.38. The maximum atomic E-state index is 13.0. The molecule has 1 fully saturated rings. The van der Waals surface area contributed by atoms with Crippen molar-refractivity contribution in [3.05, 3.63) is 59.7 Å². The van der Waals surface area contributed by atoms with Gasteiger partial charge >= 0.3 is 0 Å². The fraction of sp³-hybridized carbons (Fsp3) is 0.458. The topological polar surface area (TPSA) is 69.7 Å². The third kappa shape index (κ3) is 4.93. The normalized spacial score (nSPS) is 19.3. The van der Waals surface area contributed by atoms with Crippen LogP contribution >= 0.6 is 0 Å². The first-order chi connectivity index (χ1) is 15.0. The fourth-order valence-electron chi connectivity index (χ4n) is 4.59. The Balaban J connectivity index is 1.45. The van der Waals surface area contributed by atoms with Crippen LogP contribution in [-0.2, 0) is 27.8 Å². The highest BCUT2D eigenvalue weighted by atomic mass is 32.2. The van der Waals surface area contributed by atoms with Crippen molar-refractivity contribution in [2.75, 3.05) is 35.6 Å². The Morgan fingerprint density at radius 1 is 1.10 bits per heavy atom. The molecule has 1 saturated heterocycles. The lowest BCUT2D eigenvalue weighted by Crippen LogP contribution is -2.44. The van der Waals surface area contributed by atoms with E-state index in [9.17, 15) is 13.2 Å². The van der Waals surface area contributed by atoms with E-state index in [0.29, 0.717) is 25.8 Å². The number of hydrogen-bond donors (Lipinski definition) is 1. The Morgan fingerprint density at radius 3 is 2.71 bits per heavy atom. The molecule has 1 N–H and O–H groups in total. The van der Waals surface area contributed by atoms with Gasteiger partial charge in [-0.1, -0.05) is 43.3 Å². The first kappa shape index (κ1) is 21.8. The van der Waals surface area contributed by atoms with Crippen LogP contribution in [0.15, 0.2) is 48.5 Å². The van der Waals surface area contributed by atoms with E-state index in [1.807, 2.05) is 25.1 Å². The van der Waals surface area contributed by atoms with Crippen LogP contribution < -0.4 is 10.2 Å². The predicted molar refractivity (Wildman–Crippen MR) is 125 cm³/mol. The number of amides is 1. The molecule has 1 amide bonds. The molecule has 31 heavy (non-hydrogen) atoms. The Bertz CT molecular complexity index is 1040. The molecule has 4 rings (SSSR count). The summed E-state index contributed by atoms with van der Waals surface area (Å²) < 4.78 is 26.4. The number of anilines is 2. The van der Waals surface area contributed by atoms with Crippen LogP contribution in [0.5, 0.6) is 0 Å². The van der Waals surface area contributed by atoms with E-state index in [0.717, 1.165) is 30.8 Å². The summed E-state index contributed by atoms with van der Waals surface area (Å²) in [6.45, 7) is 4.35. The average molecular weight is 442 g/mol. The highest BCUT2D eigenvalue weighted by Gasteiger charge is 2.32. The first-order valence-electron chi connectivity index (χ1n) is 11.2. The number of nitrogens with one attached hydrogen (secondary N) is 1. The van der Waals surface area contributed by atoms with Gasteiger partial charge in [-0.25, -0.2) is 12.7 Å². The number of benzene rings is 2. The van der Waals surface area contributed by atoms with Gasteiger partial charge in [0, 0.05) is 37.6 Å². The first-order valence-corrected chi connectivity index (χ1v) is 12.8. The van der Waals surface area contributed by atoms with Gasteiger partial charge < -0.3 is 10.2 Å². The molecule has 7 heteroatoms. The molecule has 0 bridgehead atoms. The maximum absolute atomic E-state index is 13.0. The van der Waals surface area contributed by atoms with Crippen molar-refractivity contribution in [2.24, 2.45) is 5.92 Å². The zero-order valence-corrected chi connectivity index (χ0v) is 18.9. The number of carbonyl (C=O) groups excluding carboxylic acids is 1. The number of hydrogen-bond acceptors (Lipinski definition) is 4. The van der Waals surface area contributed by atoms with Gasteiger partial charge in [0.15, 0.2) is 0 Å². The Labute approximate surface area is 185 Å². The van der Waals surface area contributed by atoms with Gasteiger partial charge in [-0.2, -0.15) is 0 Å². The van der Waals surface area contributed by atoms with Crippen molar-refractivity contribution in [1.29, 1.82) is 0 Å². The van der Waals surface area contributed by atoms with Crippen LogP contribution in [0.2, 0.25) is 0 Å². The second-order valence-electron chi connectivity index (χ2n) is 8.46. The zero-order chi connectivity index (χ0) is 21.8. The van der Waals surface area contributed by atoms with Crippen molar-refractivity contribution in [3.63, 3.8) is 0 Å². The van der Waals surface area contributed by atoms with Crippen LogP contribution in [0, 0.1) is 5.92 Å². The number of fused-ring (bicyclic) bond motifs is 1. The van der Waals surface area contributed by atoms with Gasteiger partial charge in [-0.3, -0.25) is 4.79 Å². The number of sulfonamides is 1. The highest BCUT2D eigenvalue weighted by Crippen LogP contribution is 2.30. The molecule has 1 atom stereocenters. The molecule has 2 aliphatic heterocycles. The Morgan fingerprint density at radius 2 is 1.87 bits per heavy atom. The van der Waals surface area contributed by atoms with E-state index in [4.69, 9.17) is 0 Å². The van der Waals surface area contributed by atoms with Crippen molar-refractivity contribution < 1.29 is 13.2 Å². The van der Waals surface area contributed by atoms with E-state index >= 15 is 0 Å². The third-order valence-corrected chi connectivity index (χ3v) is 8.27. The predicted octanol–water partition coefficient (Wildman–Crippen LogP) is 3.64. The van der Waals surface area contributed by atoms with Gasteiger partial charge in [-0.15, -0.1) is 0 Å². The molecule has 2 aliphatic rings. The highest BCUT2D eigenvalue weighted by molar-refractivity contribution is 7.89. The van der Waals surface area contributed by atoms with Crippen molar-refractivity contribution in [2.45, 2.75) is 39.2 Å². The van der Waals surface area contributed by atoms with E-state index in [-0.39, 0.29) is 24.1 Å². The molecule has 2 aromatic carbocycles. The lowest BCUT2D eigenvalue weighted by molar-refractivity contribution is -0.120. The number of nitrogens with zero attached hydrogens (tertiary/aromatic N) is 2. The molecular formula is C24H31N3O3S. The maximum Gasteiger partial charge on any atom is 0.228 e. The minimum absolute atomic E-state index is 0.0920. The molecule has 166 valence electrons. The fourth-order valence-corrected chi connectivity index (χ4v) is 6.18. The van der Waals surface area contributed by atoms with Crippen molar-refractivity contribution in [1.82, 2.24) is 4.31 Å². The summed E-state index contributed by atoms with van der Waals surface area (Å²) >= 11 is 0. The molecule has 0 aliphatic carbocycles. The van der Waals surface area contributed by atoms with E-state index in [1.165, 1.54) is 15.6 Å². The summed E-state index contributed by atoms with van der Waals surface area (Å²) in [4.78, 5) is 15.4. The standard InChI is InChI=1S/C24H31N3O3S/c1-2-16-31(29,30)27-14-7-10-21(18-27)24(28)25-22-11-5-3-9-20(22)17-26-15-13-19-8-4-6-12-23(19)26/h3-6,8-9,11-12,21H,2,7,10,13-18H2,1H3,(H,25,28). The summed E-state index contributed by atoms with van der Waals surface area (Å²) in [6.07, 6.45) is 3.05. The minimum Gasteiger partial charge on any atom is -0.367 e. The van der Waals surface area contributed by atoms with E-state index < -0.39 is 10.0 Å². The van der Waals surface area contributed by atoms with Gasteiger partial charge in [0.2, 0.25) is 15.9 Å². The number of piperidine rings is 1. The van der Waals surface area contributed by atoms with Crippen LogP contribution in [0.25, 0.3) is 0 Å². The molecule has 6 nitrogen and oxygen atoms in total. The summed E-state index contributed by atoms with van der Waals surface area (Å²) in [7, 11) is -3.28. The summed E-state index contributed by atoms with van der Waals surface area (Å²) in [5.41, 5.74) is 4.50. The van der Waals surface area contributed by atoms with Crippen LogP contribution in [0.1, 0.15) is 37.3 Å². The largest absolute Gasteiger partial charge is 0.367 e. The third-order valence-electron chi connectivity index (χ3n) is 6.23. The molecule has 1 unspecified atom stereocenters. The SMILES string of the molecule is CCCS(=O)(=O)N1CCCC(C(=O)Nc2ccccc2CN2CCc3ccccc32)C1. The molecule has 2 aromatic rings. The van der Waals surface area contributed by atoms with Gasteiger partial charge in [0.1, 0.15) is 0 Å². The van der Waals surface area contributed by atoms with Crippen LogP contribution in [0.4, 0.5) is 11.4 Å². The lowest BCUT2D eigenvalue weighted by atomic mass is 9.98. The Kier molecular flexibility index (Phi) is 6.62. The molecule has 0 spiro atoms. The van der Waals surface area contributed by atoms with Crippen LogP contribution in [-0.4, -0.2) is 44.0 Å². The lowest BCUT2D eigenvalue weighted by Gasteiger charge is -2.31. The summed E-state index contributed by atoms with van der Waals surface area (Å²) in [5.74, 6) is -0.270. The average Bonchev–Trinajstić information content (AvgIpc) is 3.18. The number of para-hydroxylation sites is 2. The van der Waals surface area contributed by atoms with Crippen LogP contribution in [0.3, 0.4) is 0 Å². The van der Waals surface area contributed by atoms with Gasteiger partial charge in [-0.05, 0) is 48.9 Å². The van der Waals surface area contributed by atoms with E-state index in [2.05, 4.69) is 40.5 Å². The molecule has 0 saturated carbocycles. The molecule has 0 aromatic heterocycles. The quantitative estimate of drug-likeness (QED) is 0.712. The van der Waals surface area contributed by atoms with Gasteiger partial charge in [0.05, 0.1) is 11.7 Å². The second kappa shape index (κ2) is 9.40. The molecule has 0 radical (unpaired) electrons. The smallest absolute Gasteiger partial charge is 0.228 e. The van der Waals surface area contributed by atoms with E-state index in [1.54, 1.807) is 0 Å². The zero-order valence-electron chi connectivity index (χ0n) is 18.1. The second-order valence-corrected chi connectivity index (χ2v) is 10.5.